The van der Waals surface area contributed by atoms with Crippen LogP contribution in [0.1, 0.15) is 25.8 Å². The first-order valence-electron chi connectivity index (χ1n) is 8.43. The maximum atomic E-state index is 15.1. The zero-order valence-corrected chi connectivity index (χ0v) is 16.2. The van der Waals surface area contributed by atoms with Gasteiger partial charge in [-0.05, 0) is 31.4 Å². The molecule has 3 rings (SSSR count). The van der Waals surface area contributed by atoms with Crippen molar-refractivity contribution in [2.75, 3.05) is 23.1 Å². The summed E-state index contributed by atoms with van der Waals surface area (Å²) in [4.78, 5) is 12.0. The summed E-state index contributed by atoms with van der Waals surface area (Å²) < 4.78 is 41.5. The van der Waals surface area contributed by atoms with Crippen LogP contribution in [0.15, 0.2) is 11.0 Å². The highest BCUT2D eigenvalue weighted by atomic mass is 32.2. The second-order valence-electron chi connectivity index (χ2n) is 6.92. The smallest absolute Gasteiger partial charge is 0.326 e. The number of aromatic hydroxyl groups is 1. The fourth-order valence-electron chi connectivity index (χ4n) is 3.05. The molecular weight excluding hydrogens is 381 g/mol. The van der Waals surface area contributed by atoms with Crippen LogP contribution in [-0.4, -0.2) is 44.3 Å². The number of nitrogens with one attached hydrogen (secondary N) is 2. The van der Waals surface area contributed by atoms with Gasteiger partial charge in [0.2, 0.25) is 0 Å². The highest BCUT2D eigenvalue weighted by Crippen LogP contribution is 2.42. The number of anilines is 1. The number of carbonyl (C=O) groups is 1. The Kier molecular flexibility index (Phi) is 5.36. The summed E-state index contributed by atoms with van der Waals surface area (Å²) in [6.07, 6.45) is 1.41. The van der Waals surface area contributed by atoms with Crippen LogP contribution in [0.4, 0.5) is 10.1 Å². The molecule has 3 N–H and O–H groups in total. The monoisotopic (exact) mass is 403 g/mol. The van der Waals surface area contributed by atoms with E-state index in [-0.39, 0.29) is 6.04 Å². The Labute approximate surface area is 156 Å². The van der Waals surface area contributed by atoms with Crippen molar-refractivity contribution in [1.82, 2.24) is 10.0 Å². The lowest BCUT2D eigenvalue weighted by atomic mass is 10.0. The molecule has 1 atom stereocenters. The lowest BCUT2D eigenvalue weighted by Gasteiger charge is -2.28. The van der Waals surface area contributed by atoms with Crippen molar-refractivity contribution < 1.29 is 22.7 Å². The fourth-order valence-corrected chi connectivity index (χ4v) is 5.37. The van der Waals surface area contributed by atoms with Crippen molar-refractivity contribution in [2.24, 2.45) is 5.92 Å². The number of benzene rings is 1. The second-order valence-corrected chi connectivity index (χ2v) is 9.58. The molecule has 0 unspecified atom stereocenters. The predicted octanol–water partition coefficient (Wildman–Crippen LogP) is 1.36. The van der Waals surface area contributed by atoms with Crippen molar-refractivity contribution in [3.63, 3.8) is 0 Å². The fraction of sp³-hybridized carbons (Fsp3) is 0.562. The number of amides is 1. The van der Waals surface area contributed by atoms with Crippen molar-refractivity contribution in [1.29, 1.82) is 0 Å². The van der Waals surface area contributed by atoms with E-state index in [4.69, 9.17) is 0 Å². The molecule has 1 aromatic carbocycles. The molecule has 0 saturated carbocycles. The lowest BCUT2D eigenvalue weighted by molar-refractivity contribution is -0.117. The van der Waals surface area contributed by atoms with E-state index in [0.717, 1.165) is 18.7 Å². The molecule has 7 nitrogen and oxygen atoms in total. The van der Waals surface area contributed by atoms with Gasteiger partial charge in [-0.3, -0.25) is 4.79 Å². The van der Waals surface area contributed by atoms with Gasteiger partial charge in [0.05, 0.1) is 0 Å². The van der Waals surface area contributed by atoms with Gasteiger partial charge >= 0.3 is 10.2 Å². The van der Waals surface area contributed by atoms with Gasteiger partial charge in [0.15, 0.2) is 5.82 Å². The third-order valence-corrected chi connectivity index (χ3v) is 7.02. The third-order valence-electron chi connectivity index (χ3n) is 4.40. The van der Waals surface area contributed by atoms with E-state index >= 15 is 4.39 Å². The Balaban J connectivity index is 1.88. The summed E-state index contributed by atoms with van der Waals surface area (Å²) in [7, 11) is -4.19. The number of hydrogen-bond donors (Lipinski definition) is 3. The molecule has 0 spiro atoms. The van der Waals surface area contributed by atoms with Crippen LogP contribution in [-0.2, 0) is 21.4 Å². The van der Waals surface area contributed by atoms with Crippen LogP contribution in [0.3, 0.4) is 0 Å². The molecule has 144 valence electrons. The average Bonchev–Trinajstić information content (AvgIpc) is 2.80. The Morgan fingerprint density at radius 1 is 1.50 bits per heavy atom. The Hall–Kier alpha value is -1.52. The first-order valence-corrected chi connectivity index (χ1v) is 10.9. The molecular formula is C16H22FN3O4S2. The molecule has 2 aliphatic rings. The summed E-state index contributed by atoms with van der Waals surface area (Å²) in [6, 6.07) is 1.44. The van der Waals surface area contributed by atoms with Gasteiger partial charge in [-0.2, -0.15) is 8.42 Å². The lowest BCUT2D eigenvalue weighted by Crippen LogP contribution is -2.37. The summed E-state index contributed by atoms with van der Waals surface area (Å²) in [5, 5.41) is 13.6. The Morgan fingerprint density at radius 3 is 2.85 bits per heavy atom. The quantitative estimate of drug-likeness (QED) is 0.687. The van der Waals surface area contributed by atoms with Gasteiger partial charge in [-0.1, -0.05) is 13.8 Å². The Bertz CT molecular complexity index is 829. The van der Waals surface area contributed by atoms with E-state index in [1.165, 1.54) is 17.8 Å². The molecule has 1 amide bonds. The number of thioether (sulfide) groups is 1. The summed E-state index contributed by atoms with van der Waals surface area (Å²) in [5.74, 6) is -0.727. The van der Waals surface area contributed by atoms with Gasteiger partial charge in [0.25, 0.3) is 5.91 Å². The molecule has 0 radical (unpaired) electrons. The number of phenolic OH excluding ortho intramolecular Hbond substituents is 1. The van der Waals surface area contributed by atoms with E-state index in [0.29, 0.717) is 27.1 Å². The summed E-state index contributed by atoms with van der Waals surface area (Å²) in [6.45, 7) is 4.54. The normalized spacial score (nSPS) is 21.8. The largest absolute Gasteiger partial charge is 0.506 e. The van der Waals surface area contributed by atoms with E-state index in [1.807, 2.05) is 0 Å². The van der Waals surface area contributed by atoms with Crippen LogP contribution in [0, 0.1) is 11.7 Å². The number of halogens is 1. The first kappa shape index (κ1) is 19.2. The number of fused-ring (bicyclic) bond motifs is 1. The molecule has 2 heterocycles. The molecule has 0 bridgehead atoms. The van der Waals surface area contributed by atoms with Crippen LogP contribution in [0.25, 0.3) is 0 Å². The number of hydrogen-bond acceptors (Lipinski definition) is 6. The van der Waals surface area contributed by atoms with E-state index in [9.17, 15) is 18.3 Å². The number of rotatable bonds is 5. The standard InChI is InChI=1S/C16H22FN3O4S2/c1-9(2)3-4-18-10-5-11-13(25-8-10)6-12(21)16(15(11)17)20-7-14(22)19-26(20,23)24/h6,9-10,18,21H,3-5,7-8H2,1-2H3,(H,19,22)/t10-/m0/s1. The van der Waals surface area contributed by atoms with Crippen molar-refractivity contribution in [2.45, 2.75) is 37.6 Å². The molecule has 0 aliphatic carbocycles. The molecule has 26 heavy (non-hydrogen) atoms. The van der Waals surface area contributed by atoms with Gasteiger partial charge in [-0.15, -0.1) is 11.8 Å². The number of nitrogens with zero attached hydrogens (tertiary/aromatic N) is 1. The highest BCUT2D eigenvalue weighted by Gasteiger charge is 2.39. The third kappa shape index (κ3) is 3.77. The number of carbonyl (C=O) groups excluding carboxylic acids is 1. The van der Waals surface area contributed by atoms with E-state index < -0.39 is 39.9 Å². The number of phenols is 1. The van der Waals surface area contributed by atoms with E-state index in [1.54, 1.807) is 4.72 Å². The maximum absolute atomic E-state index is 15.1. The van der Waals surface area contributed by atoms with Crippen molar-refractivity contribution >= 4 is 33.6 Å². The molecule has 1 aromatic rings. The molecule has 1 fully saturated rings. The Morgan fingerprint density at radius 2 is 2.23 bits per heavy atom. The van der Waals surface area contributed by atoms with Crippen molar-refractivity contribution in [3.05, 3.63) is 17.4 Å². The summed E-state index contributed by atoms with van der Waals surface area (Å²) >= 11 is 1.42. The second kappa shape index (κ2) is 7.24. The molecule has 0 aromatic heterocycles. The maximum Gasteiger partial charge on any atom is 0.326 e. The topological polar surface area (TPSA) is 98.7 Å². The predicted molar refractivity (Wildman–Crippen MR) is 98.1 cm³/mol. The van der Waals surface area contributed by atoms with Gasteiger partial charge in [-0.25, -0.2) is 13.4 Å². The van der Waals surface area contributed by atoms with Crippen LogP contribution in [0.5, 0.6) is 5.75 Å². The SMILES string of the molecule is CC(C)CCN[C@@H]1CSc2cc(O)c(N3CC(=O)NS3(=O)=O)c(F)c2C1. The van der Waals surface area contributed by atoms with Gasteiger partial charge in [0, 0.05) is 22.3 Å². The van der Waals surface area contributed by atoms with Crippen molar-refractivity contribution in [3.8, 4) is 5.75 Å². The van der Waals surface area contributed by atoms with Crippen LogP contribution < -0.4 is 14.3 Å². The van der Waals surface area contributed by atoms with Crippen LogP contribution in [0.2, 0.25) is 0 Å². The average molecular weight is 404 g/mol. The molecule has 10 heteroatoms. The highest BCUT2D eigenvalue weighted by molar-refractivity contribution is 7.99. The molecule has 2 aliphatic heterocycles. The first-order chi connectivity index (χ1) is 12.2. The van der Waals surface area contributed by atoms with Crippen LogP contribution >= 0.6 is 11.8 Å². The zero-order valence-electron chi connectivity index (χ0n) is 14.6. The van der Waals surface area contributed by atoms with Gasteiger partial charge < -0.3 is 10.4 Å². The van der Waals surface area contributed by atoms with E-state index in [2.05, 4.69) is 19.2 Å². The van der Waals surface area contributed by atoms with Gasteiger partial charge in [0.1, 0.15) is 18.0 Å². The summed E-state index contributed by atoms with van der Waals surface area (Å²) in [5.41, 5.74) is -0.101. The minimum Gasteiger partial charge on any atom is -0.506 e. The minimum absolute atomic E-state index is 0.0630. The molecule has 1 saturated heterocycles. The minimum atomic E-state index is -4.19. The zero-order chi connectivity index (χ0) is 19.1.